The van der Waals surface area contributed by atoms with Crippen molar-refractivity contribution in [2.75, 3.05) is 0 Å². The number of hydrogen-bond acceptors (Lipinski definition) is 2. The number of benzene rings is 1. The van der Waals surface area contributed by atoms with Crippen LogP contribution < -0.4 is 11.1 Å². The number of rotatable bonds is 0. The smallest absolute Gasteiger partial charge is 0.0359 e. The molecule has 4 rings (SSSR count). The van der Waals surface area contributed by atoms with E-state index in [4.69, 9.17) is 5.73 Å². The second-order valence-corrected chi connectivity index (χ2v) is 6.26. The molecule has 0 amide bonds. The fourth-order valence-electron chi connectivity index (χ4n) is 4.51. The summed E-state index contributed by atoms with van der Waals surface area (Å²) in [7, 11) is 0. The van der Waals surface area contributed by atoms with Crippen LogP contribution in [0.5, 0.6) is 0 Å². The fourth-order valence-corrected chi connectivity index (χ4v) is 4.51. The van der Waals surface area contributed by atoms with Gasteiger partial charge in [-0.25, -0.2) is 0 Å². The van der Waals surface area contributed by atoms with E-state index in [0.29, 0.717) is 5.41 Å². The molecule has 2 nitrogen and oxygen atoms in total. The summed E-state index contributed by atoms with van der Waals surface area (Å²) < 4.78 is 0. The Kier molecular flexibility index (Phi) is 1.98. The van der Waals surface area contributed by atoms with Gasteiger partial charge < -0.3 is 11.1 Å². The molecular weight excluding hydrogens is 208 g/mol. The molecule has 2 aliphatic heterocycles. The van der Waals surface area contributed by atoms with Crippen molar-refractivity contribution in [3.63, 3.8) is 0 Å². The number of fused-ring (bicyclic) bond motifs is 3. The van der Waals surface area contributed by atoms with Crippen LogP contribution >= 0.6 is 0 Å². The van der Waals surface area contributed by atoms with Crippen molar-refractivity contribution < 1.29 is 0 Å². The lowest BCUT2D eigenvalue weighted by molar-refractivity contribution is 0.136. The second-order valence-electron chi connectivity index (χ2n) is 6.26. The highest BCUT2D eigenvalue weighted by atomic mass is 15.0. The molecular formula is C15H20N2. The van der Waals surface area contributed by atoms with E-state index in [0.717, 1.165) is 12.1 Å². The number of nitrogens with one attached hydrogen (secondary N) is 1. The van der Waals surface area contributed by atoms with Gasteiger partial charge in [-0.3, -0.25) is 0 Å². The van der Waals surface area contributed by atoms with Gasteiger partial charge in [0.25, 0.3) is 0 Å². The largest absolute Gasteiger partial charge is 0.323 e. The van der Waals surface area contributed by atoms with Crippen molar-refractivity contribution in [2.45, 2.75) is 50.2 Å². The van der Waals surface area contributed by atoms with Crippen LogP contribution in [0, 0.1) is 5.41 Å². The summed E-state index contributed by atoms with van der Waals surface area (Å²) in [5.74, 6) is 0. The molecule has 4 atom stereocenters. The van der Waals surface area contributed by atoms with Crippen molar-refractivity contribution >= 4 is 0 Å². The molecule has 90 valence electrons. The summed E-state index contributed by atoms with van der Waals surface area (Å²) in [6.07, 6.45) is 6.47. The molecule has 1 aromatic rings. The van der Waals surface area contributed by atoms with Crippen LogP contribution in [-0.4, -0.2) is 12.1 Å². The zero-order valence-electron chi connectivity index (χ0n) is 10.2. The summed E-state index contributed by atoms with van der Waals surface area (Å²) in [6, 6.07) is 10.5. The van der Waals surface area contributed by atoms with Gasteiger partial charge in [0, 0.05) is 18.1 Å². The van der Waals surface area contributed by atoms with E-state index >= 15 is 0 Å². The lowest BCUT2D eigenvalue weighted by Gasteiger charge is -2.41. The lowest BCUT2D eigenvalue weighted by atomic mass is 9.71. The second kappa shape index (κ2) is 3.33. The monoisotopic (exact) mass is 228 g/mol. The first-order valence-electron chi connectivity index (χ1n) is 6.86. The van der Waals surface area contributed by atoms with Gasteiger partial charge in [-0.15, -0.1) is 0 Å². The molecule has 2 unspecified atom stereocenters. The zero-order chi connectivity index (χ0) is 11.5. The predicted octanol–water partition coefficient (Wildman–Crippen LogP) is 2.14. The van der Waals surface area contributed by atoms with Crippen molar-refractivity contribution in [1.29, 1.82) is 0 Å². The van der Waals surface area contributed by atoms with Crippen LogP contribution in [0.4, 0.5) is 0 Å². The molecule has 2 heterocycles. The normalized spacial score (nSPS) is 43.0. The average molecular weight is 228 g/mol. The summed E-state index contributed by atoms with van der Waals surface area (Å²) in [4.78, 5) is 0. The molecule has 1 aliphatic carbocycles. The summed E-state index contributed by atoms with van der Waals surface area (Å²) in [5.41, 5.74) is 9.85. The fraction of sp³-hybridized carbons (Fsp3) is 0.600. The molecule has 1 spiro atoms. The Bertz CT molecular complexity index is 442. The highest BCUT2D eigenvalue weighted by Crippen LogP contribution is 2.54. The topological polar surface area (TPSA) is 38.0 Å². The van der Waals surface area contributed by atoms with Gasteiger partial charge in [0.05, 0.1) is 0 Å². The van der Waals surface area contributed by atoms with E-state index < -0.39 is 0 Å². The zero-order valence-corrected chi connectivity index (χ0v) is 10.2. The molecule has 3 N–H and O–H groups in total. The molecule has 17 heavy (non-hydrogen) atoms. The van der Waals surface area contributed by atoms with Gasteiger partial charge >= 0.3 is 0 Å². The molecule has 1 aromatic carbocycles. The minimum atomic E-state index is 0.267. The minimum absolute atomic E-state index is 0.267. The van der Waals surface area contributed by atoms with Gasteiger partial charge in [0.2, 0.25) is 0 Å². The van der Waals surface area contributed by atoms with E-state index in [1.54, 1.807) is 0 Å². The van der Waals surface area contributed by atoms with Gasteiger partial charge in [0.15, 0.2) is 0 Å². The molecule has 2 saturated heterocycles. The number of nitrogens with two attached hydrogens (primary N) is 1. The third-order valence-electron chi connectivity index (χ3n) is 5.23. The highest BCUT2D eigenvalue weighted by Gasteiger charge is 2.50. The van der Waals surface area contributed by atoms with Gasteiger partial charge in [-0.05, 0) is 48.6 Å². The van der Waals surface area contributed by atoms with E-state index in [-0.39, 0.29) is 6.04 Å². The van der Waals surface area contributed by atoms with E-state index in [1.165, 1.54) is 43.2 Å². The Morgan fingerprint density at radius 1 is 1.12 bits per heavy atom. The Hall–Kier alpha value is -0.860. The Morgan fingerprint density at radius 3 is 2.53 bits per heavy atom. The molecule has 2 bridgehead atoms. The SMILES string of the molecule is N[C@@H]1c2ccccc2CC12CC1CC[C@H](C2)N1. The maximum atomic E-state index is 6.58. The van der Waals surface area contributed by atoms with Crippen LogP contribution in [0.1, 0.15) is 42.9 Å². The van der Waals surface area contributed by atoms with E-state index in [1.807, 2.05) is 0 Å². The summed E-state index contributed by atoms with van der Waals surface area (Å²) in [6.45, 7) is 0. The first-order valence-corrected chi connectivity index (χ1v) is 6.86. The maximum Gasteiger partial charge on any atom is 0.0359 e. The van der Waals surface area contributed by atoms with Crippen molar-refractivity contribution in [3.8, 4) is 0 Å². The molecule has 0 aromatic heterocycles. The first kappa shape index (κ1) is 10.1. The first-order chi connectivity index (χ1) is 8.27. The summed E-state index contributed by atoms with van der Waals surface area (Å²) >= 11 is 0. The van der Waals surface area contributed by atoms with Gasteiger partial charge in [-0.1, -0.05) is 24.3 Å². The molecule has 0 radical (unpaired) electrons. The van der Waals surface area contributed by atoms with E-state index in [2.05, 4.69) is 29.6 Å². The Labute approximate surface area is 103 Å². The third-order valence-corrected chi connectivity index (χ3v) is 5.23. The Balaban J connectivity index is 1.73. The molecule has 2 fully saturated rings. The molecule has 2 heteroatoms. The van der Waals surface area contributed by atoms with Crippen LogP contribution in [0.2, 0.25) is 0 Å². The minimum Gasteiger partial charge on any atom is -0.323 e. The van der Waals surface area contributed by atoms with Crippen molar-refractivity contribution in [3.05, 3.63) is 35.4 Å². The average Bonchev–Trinajstić information content (AvgIpc) is 2.80. The number of piperidine rings is 1. The van der Waals surface area contributed by atoms with Crippen LogP contribution in [-0.2, 0) is 6.42 Å². The van der Waals surface area contributed by atoms with Crippen molar-refractivity contribution in [1.82, 2.24) is 5.32 Å². The van der Waals surface area contributed by atoms with E-state index in [9.17, 15) is 0 Å². The quantitative estimate of drug-likeness (QED) is 0.714. The molecule has 0 saturated carbocycles. The van der Waals surface area contributed by atoms with Crippen LogP contribution in [0.25, 0.3) is 0 Å². The Morgan fingerprint density at radius 2 is 1.82 bits per heavy atom. The third kappa shape index (κ3) is 1.34. The predicted molar refractivity (Wildman–Crippen MR) is 68.7 cm³/mol. The molecule has 3 aliphatic rings. The lowest BCUT2D eigenvalue weighted by Crippen LogP contribution is -2.47. The summed E-state index contributed by atoms with van der Waals surface area (Å²) in [5, 5.41) is 3.73. The van der Waals surface area contributed by atoms with Crippen LogP contribution in [0.3, 0.4) is 0 Å². The standard InChI is InChI=1S/C15H20N2/c16-14-13-4-2-1-3-10(13)7-15(14)8-11-5-6-12(9-15)17-11/h1-4,11-12,14,17H,5-9,16H2/t11-,12?,14-,15?/m1/s1. The number of hydrogen-bond donors (Lipinski definition) is 2. The highest BCUT2D eigenvalue weighted by molar-refractivity contribution is 5.38. The van der Waals surface area contributed by atoms with Gasteiger partial charge in [-0.2, -0.15) is 0 Å². The van der Waals surface area contributed by atoms with Gasteiger partial charge in [0.1, 0.15) is 0 Å². The van der Waals surface area contributed by atoms with Crippen LogP contribution in [0.15, 0.2) is 24.3 Å². The maximum absolute atomic E-state index is 6.58. The van der Waals surface area contributed by atoms with Crippen molar-refractivity contribution in [2.24, 2.45) is 11.1 Å².